The van der Waals surface area contributed by atoms with Crippen molar-refractivity contribution < 1.29 is 9.13 Å². The van der Waals surface area contributed by atoms with E-state index >= 15 is 0 Å². The Morgan fingerprint density at radius 1 is 1.43 bits per heavy atom. The van der Waals surface area contributed by atoms with Crippen molar-refractivity contribution in [3.8, 4) is 5.75 Å². The first kappa shape index (κ1) is 13.6. The van der Waals surface area contributed by atoms with E-state index in [0.29, 0.717) is 11.3 Å². The molecule has 0 radical (unpaired) electrons. The molecule has 110 valence electrons. The number of benzene rings is 1. The van der Waals surface area contributed by atoms with E-state index in [1.807, 2.05) is 0 Å². The lowest BCUT2D eigenvalue weighted by Gasteiger charge is -2.17. The maximum atomic E-state index is 14.0. The highest BCUT2D eigenvalue weighted by Gasteiger charge is 2.14. The summed E-state index contributed by atoms with van der Waals surface area (Å²) in [6, 6.07) is 6.12. The van der Waals surface area contributed by atoms with Gasteiger partial charge in [0.25, 0.3) is 5.56 Å². The van der Waals surface area contributed by atoms with Crippen molar-refractivity contribution in [3.63, 3.8) is 0 Å². The molecule has 0 amide bonds. The van der Waals surface area contributed by atoms with Crippen molar-refractivity contribution in [1.29, 1.82) is 0 Å². The van der Waals surface area contributed by atoms with Crippen LogP contribution in [0, 0.1) is 5.82 Å². The van der Waals surface area contributed by atoms with E-state index in [4.69, 9.17) is 4.74 Å². The summed E-state index contributed by atoms with van der Waals surface area (Å²) in [6.07, 6.45) is 1.81. The summed E-state index contributed by atoms with van der Waals surface area (Å²) in [6.45, 7) is 0.965. The van der Waals surface area contributed by atoms with Crippen LogP contribution in [-0.2, 0) is 13.0 Å². The molecule has 0 aliphatic carbocycles. The van der Waals surface area contributed by atoms with Gasteiger partial charge in [-0.3, -0.25) is 4.79 Å². The number of nitrogens with one attached hydrogen (secondary N) is 1. The van der Waals surface area contributed by atoms with Gasteiger partial charge in [0, 0.05) is 24.2 Å². The van der Waals surface area contributed by atoms with E-state index in [9.17, 15) is 9.18 Å². The second-order valence-corrected chi connectivity index (χ2v) is 4.99. The Morgan fingerprint density at radius 3 is 3.05 bits per heavy atom. The van der Waals surface area contributed by atoms with Crippen LogP contribution < -0.4 is 15.6 Å². The monoisotopic (exact) mass is 289 g/mol. The summed E-state index contributed by atoms with van der Waals surface area (Å²) in [7, 11) is 1.48. The van der Waals surface area contributed by atoms with Crippen LogP contribution in [0.25, 0.3) is 0 Å². The zero-order valence-electron chi connectivity index (χ0n) is 11.7. The van der Waals surface area contributed by atoms with E-state index in [1.165, 1.54) is 23.9 Å². The fourth-order valence-electron chi connectivity index (χ4n) is 2.40. The Kier molecular flexibility index (Phi) is 3.60. The number of fused-ring (bicyclic) bond motifs is 1. The number of aromatic nitrogens is 2. The average molecular weight is 289 g/mol. The molecule has 5 nitrogen and oxygen atoms in total. The first-order valence-electron chi connectivity index (χ1n) is 6.84. The van der Waals surface area contributed by atoms with Crippen LogP contribution in [0.1, 0.15) is 17.7 Å². The molecular weight excluding hydrogens is 273 g/mol. The lowest BCUT2D eigenvalue weighted by atomic mass is 10.1. The fraction of sp³-hybridized carbons (Fsp3) is 0.333. The minimum atomic E-state index is -0.404. The van der Waals surface area contributed by atoms with Gasteiger partial charge in [0.1, 0.15) is 11.6 Å². The van der Waals surface area contributed by atoms with Gasteiger partial charge in [-0.05, 0) is 18.9 Å². The van der Waals surface area contributed by atoms with Gasteiger partial charge in [-0.25, -0.2) is 9.07 Å². The van der Waals surface area contributed by atoms with E-state index in [-0.39, 0.29) is 12.1 Å². The molecular formula is C15H16FN3O2. The number of aryl methyl sites for hydroxylation is 1. The lowest BCUT2D eigenvalue weighted by molar-refractivity contribution is 0.410. The van der Waals surface area contributed by atoms with Crippen LogP contribution >= 0.6 is 0 Å². The zero-order chi connectivity index (χ0) is 14.8. The van der Waals surface area contributed by atoms with Crippen molar-refractivity contribution in [3.05, 3.63) is 51.7 Å². The molecule has 1 N–H and O–H groups in total. The number of anilines is 1. The minimum absolute atomic E-state index is 0.113. The third-order valence-corrected chi connectivity index (χ3v) is 3.56. The van der Waals surface area contributed by atoms with Crippen molar-refractivity contribution in [2.45, 2.75) is 19.4 Å². The van der Waals surface area contributed by atoms with Crippen molar-refractivity contribution in [2.75, 3.05) is 19.0 Å². The molecule has 0 unspecified atom stereocenters. The molecule has 1 aliphatic heterocycles. The third-order valence-electron chi connectivity index (χ3n) is 3.56. The van der Waals surface area contributed by atoms with E-state index < -0.39 is 5.82 Å². The molecule has 1 aromatic carbocycles. The van der Waals surface area contributed by atoms with Gasteiger partial charge in [-0.15, -0.1) is 0 Å². The number of nitrogens with zero attached hydrogens (tertiary/aromatic N) is 2. The Labute approximate surface area is 121 Å². The summed E-state index contributed by atoms with van der Waals surface area (Å²) in [5.74, 6) is 0.0464. The number of halogens is 1. The molecule has 6 heteroatoms. The third kappa shape index (κ3) is 2.74. The van der Waals surface area contributed by atoms with E-state index in [0.717, 1.165) is 30.8 Å². The Hall–Kier alpha value is -2.37. The van der Waals surface area contributed by atoms with Crippen LogP contribution in [0.15, 0.2) is 29.1 Å². The summed E-state index contributed by atoms with van der Waals surface area (Å²) in [5, 5.41) is 7.49. The molecule has 0 atom stereocenters. The first-order valence-corrected chi connectivity index (χ1v) is 6.84. The Morgan fingerprint density at radius 2 is 2.29 bits per heavy atom. The fourth-order valence-corrected chi connectivity index (χ4v) is 2.40. The van der Waals surface area contributed by atoms with E-state index in [1.54, 1.807) is 12.1 Å². The van der Waals surface area contributed by atoms with Crippen LogP contribution in [0.3, 0.4) is 0 Å². The van der Waals surface area contributed by atoms with Gasteiger partial charge in [-0.1, -0.05) is 6.07 Å². The SMILES string of the molecule is COc1ccc(Cn2nc3c(cc2=O)NCCC3)c(F)c1. The summed E-state index contributed by atoms with van der Waals surface area (Å²) in [5.41, 5.74) is 1.82. The van der Waals surface area contributed by atoms with Gasteiger partial charge < -0.3 is 10.1 Å². The van der Waals surface area contributed by atoms with Crippen LogP contribution in [0.2, 0.25) is 0 Å². The number of hydrogen-bond acceptors (Lipinski definition) is 4. The Balaban J connectivity index is 1.93. The predicted molar refractivity (Wildman–Crippen MR) is 77.4 cm³/mol. The van der Waals surface area contributed by atoms with Crippen molar-refractivity contribution in [1.82, 2.24) is 9.78 Å². The molecule has 21 heavy (non-hydrogen) atoms. The molecule has 1 aromatic heterocycles. The summed E-state index contributed by atoms with van der Waals surface area (Å²) >= 11 is 0. The maximum absolute atomic E-state index is 14.0. The molecule has 0 spiro atoms. The predicted octanol–water partition coefficient (Wildman–Crippen LogP) is 1.80. The average Bonchev–Trinajstić information content (AvgIpc) is 2.49. The second kappa shape index (κ2) is 5.55. The summed E-state index contributed by atoms with van der Waals surface area (Å²) in [4.78, 5) is 12.0. The molecule has 0 saturated carbocycles. The first-order chi connectivity index (χ1) is 10.2. The van der Waals surface area contributed by atoms with Crippen LogP contribution in [0.4, 0.5) is 10.1 Å². The van der Waals surface area contributed by atoms with Gasteiger partial charge in [0.05, 0.1) is 25.0 Å². The van der Waals surface area contributed by atoms with Gasteiger partial charge >= 0.3 is 0 Å². The summed E-state index contributed by atoms with van der Waals surface area (Å²) < 4.78 is 20.2. The Bertz CT molecular complexity index is 727. The topological polar surface area (TPSA) is 56.2 Å². The number of rotatable bonds is 3. The number of methoxy groups -OCH3 is 1. The van der Waals surface area contributed by atoms with Crippen molar-refractivity contribution in [2.24, 2.45) is 0 Å². The van der Waals surface area contributed by atoms with Crippen molar-refractivity contribution >= 4 is 5.69 Å². The highest BCUT2D eigenvalue weighted by Crippen LogP contribution is 2.19. The minimum Gasteiger partial charge on any atom is -0.497 e. The van der Waals surface area contributed by atoms with Gasteiger partial charge in [0.15, 0.2) is 0 Å². The van der Waals surface area contributed by atoms with Crippen LogP contribution in [0.5, 0.6) is 5.75 Å². The van der Waals surface area contributed by atoms with Gasteiger partial charge in [-0.2, -0.15) is 5.10 Å². The smallest absolute Gasteiger partial charge is 0.269 e. The maximum Gasteiger partial charge on any atom is 0.269 e. The largest absolute Gasteiger partial charge is 0.497 e. The quantitative estimate of drug-likeness (QED) is 0.936. The molecule has 0 bridgehead atoms. The zero-order valence-corrected chi connectivity index (χ0v) is 11.7. The number of hydrogen-bond donors (Lipinski definition) is 1. The second-order valence-electron chi connectivity index (χ2n) is 4.99. The van der Waals surface area contributed by atoms with Gasteiger partial charge in [0.2, 0.25) is 0 Å². The highest BCUT2D eigenvalue weighted by atomic mass is 19.1. The standard InChI is InChI=1S/C15H16FN3O2/c1-21-11-5-4-10(12(16)7-11)9-19-15(20)8-14-13(18-19)3-2-6-17-14/h4-5,7-8,17H,2-3,6,9H2,1H3. The lowest BCUT2D eigenvalue weighted by Crippen LogP contribution is -2.27. The molecule has 1 aliphatic rings. The highest BCUT2D eigenvalue weighted by molar-refractivity contribution is 5.48. The normalized spacial score (nSPS) is 13.4. The number of ether oxygens (including phenoxy) is 1. The van der Waals surface area contributed by atoms with E-state index in [2.05, 4.69) is 10.4 Å². The van der Waals surface area contributed by atoms with Crippen LogP contribution in [-0.4, -0.2) is 23.4 Å². The molecule has 2 heterocycles. The molecule has 3 rings (SSSR count). The molecule has 2 aromatic rings. The molecule has 0 saturated heterocycles. The molecule has 0 fully saturated rings.